The number of likely N-dealkylation sites (tertiary alicyclic amines) is 1. The van der Waals surface area contributed by atoms with E-state index in [1.165, 1.54) is 30.6 Å². The number of thiazole rings is 1. The van der Waals surface area contributed by atoms with Crippen molar-refractivity contribution in [1.29, 1.82) is 0 Å². The Bertz CT molecular complexity index is 660. The van der Waals surface area contributed by atoms with E-state index in [1.54, 1.807) is 18.5 Å². The average molecular weight is 345 g/mol. The van der Waals surface area contributed by atoms with E-state index in [4.69, 9.17) is 0 Å². The normalized spacial score (nSPS) is 18.5. The smallest absolute Gasteiger partial charge is 0.220 e. The summed E-state index contributed by atoms with van der Waals surface area (Å²) in [5, 5.41) is 5.69. The minimum atomic E-state index is 0.0967. The quantitative estimate of drug-likeness (QED) is 0.871. The molecule has 1 saturated heterocycles. The summed E-state index contributed by atoms with van der Waals surface area (Å²) in [6, 6.07) is 2.33. The molecule has 1 aliphatic heterocycles. The van der Waals surface area contributed by atoms with Gasteiger partial charge in [0.1, 0.15) is 0 Å². The lowest BCUT2D eigenvalue weighted by atomic mass is 9.98. The van der Waals surface area contributed by atoms with Gasteiger partial charge >= 0.3 is 0 Å². The maximum atomic E-state index is 12.1. The Morgan fingerprint density at radius 3 is 3.00 bits per heavy atom. The lowest BCUT2D eigenvalue weighted by molar-refractivity contribution is -0.121. The standard InChI is InChI=1S/C17H23N5OS/c1-22-10-3-2-5-14(22)6-7-15(23)20-11-13-12-24-17(21-13)16-18-8-4-9-19-16/h4,8-9,12,14H,2-3,5-7,10-11H2,1H3,(H,20,23). The molecule has 24 heavy (non-hydrogen) atoms. The van der Waals surface area contributed by atoms with E-state index in [1.807, 2.05) is 5.38 Å². The SMILES string of the molecule is CN1CCCCC1CCC(=O)NCc1csc(-c2ncccn2)n1. The van der Waals surface area contributed by atoms with Gasteiger partial charge < -0.3 is 10.2 Å². The van der Waals surface area contributed by atoms with E-state index < -0.39 is 0 Å². The van der Waals surface area contributed by atoms with Crippen molar-refractivity contribution in [3.05, 3.63) is 29.5 Å². The molecule has 0 aliphatic carbocycles. The first-order valence-corrected chi connectivity index (χ1v) is 9.29. The minimum Gasteiger partial charge on any atom is -0.350 e. The molecule has 1 N–H and O–H groups in total. The van der Waals surface area contributed by atoms with E-state index >= 15 is 0 Å². The Morgan fingerprint density at radius 1 is 1.38 bits per heavy atom. The number of nitrogens with zero attached hydrogens (tertiary/aromatic N) is 4. The van der Waals surface area contributed by atoms with E-state index in [0.717, 1.165) is 23.7 Å². The lowest BCUT2D eigenvalue weighted by Crippen LogP contribution is -2.37. The Kier molecular flexibility index (Phi) is 5.87. The Morgan fingerprint density at radius 2 is 2.21 bits per heavy atom. The number of nitrogens with one attached hydrogen (secondary N) is 1. The molecule has 7 heteroatoms. The molecule has 1 unspecified atom stereocenters. The molecule has 1 amide bonds. The molecule has 0 bridgehead atoms. The first-order valence-electron chi connectivity index (χ1n) is 8.41. The van der Waals surface area contributed by atoms with Crippen LogP contribution in [0.25, 0.3) is 10.8 Å². The second-order valence-corrected chi connectivity index (χ2v) is 7.02. The van der Waals surface area contributed by atoms with Crippen molar-refractivity contribution in [3.63, 3.8) is 0 Å². The third-order valence-corrected chi connectivity index (χ3v) is 5.29. The van der Waals surface area contributed by atoms with Crippen molar-refractivity contribution in [2.75, 3.05) is 13.6 Å². The van der Waals surface area contributed by atoms with Gasteiger partial charge in [0.25, 0.3) is 0 Å². The van der Waals surface area contributed by atoms with Crippen LogP contribution in [0.3, 0.4) is 0 Å². The third kappa shape index (κ3) is 4.58. The number of carbonyl (C=O) groups is 1. The van der Waals surface area contributed by atoms with Crippen LogP contribution >= 0.6 is 11.3 Å². The second-order valence-electron chi connectivity index (χ2n) is 6.16. The summed E-state index contributed by atoms with van der Waals surface area (Å²) >= 11 is 1.50. The summed E-state index contributed by atoms with van der Waals surface area (Å²) in [5.41, 5.74) is 0.852. The first kappa shape index (κ1) is 17.0. The molecule has 2 aromatic rings. The van der Waals surface area contributed by atoms with Crippen LogP contribution in [0.4, 0.5) is 0 Å². The number of hydrogen-bond donors (Lipinski definition) is 1. The minimum absolute atomic E-state index is 0.0967. The van der Waals surface area contributed by atoms with Crippen molar-refractivity contribution >= 4 is 17.2 Å². The molecule has 0 aromatic carbocycles. The molecule has 1 atom stereocenters. The lowest BCUT2D eigenvalue weighted by Gasteiger charge is -2.32. The van der Waals surface area contributed by atoms with Crippen LogP contribution in [-0.4, -0.2) is 45.4 Å². The molecule has 0 spiro atoms. The summed E-state index contributed by atoms with van der Waals surface area (Å²) in [7, 11) is 2.16. The van der Waals surface area contributed by atoms with Gasteiger partial charge in [-0.2, -0.15) is 0 Å². The van der Waals surface area contributed by atoms with Crippen molar-refractivity contribution < 1.29 is 4.79 Å². The fourth-order valence-corrected chi connectivity index (χ4v) is 3.75. The maximum absolute atomic E-state index is 12.1. The maximum Gasteiger partial charge on any atom is 0.220 e. The molecule has 3 heterocycles. The van der Waals surface area contributed by atoms with E-state index in [-0.39, 0.29) is 5.91 Å². The average Bonchev–Trinajstić information content (AvgIpc) is 3.09. The molecule has 0 saturated carbocycles. The predicted octanol–water partition coefficient (Wildman–Crippen LogP) is 2.48. The summed E-state index contributed by atoms with van der Waals surface area (Å²) in [6.07, 6.45) is 8.67. The number of amides is 1. The summed E-state index contributed by atoms with van der Waals surface area (Å²) in [5.74, 6) is 0.722. The van der Waals surface area contributed by atoms with E-state index in [9.17, 15) is 4.79 Å². The molecule has 1 aliphatic rings. The van der Waals surface area contributed by atoms with Crippen LogP contribution in [0.15, 0.2) is 23.8 Å². The number of aromatic nitrogens is 3. The van der Waals surface area contributed by atoms with Gasteiger partial charge in [-0.3, -0.25) is 4.79 Å². The third-order valence-electron chi connectivity index (χ3n) is 4.40. The van der Waals surface area contributed by atoms with Crippen molar-refractivity contribution in [2.24, 2.45) is 0 Å². The molecular weight excluding hydrogens is 322 g/mol. The monoisotopic (exact) mass is 345 g/mol. The van der Waals surface area contributed by atoms with Crippen molar-refractivity contribution in [1.82, 2.24) is 25.2 Å². The van der Waals surface area contributed by atoms with Crippen LogP contribution in [-0.2, 0) is 11.3 Å². The van der Waals surface area contributed by atoms with Gasteiger partial charge in [-0.25, -0.2) is 15.0 Å². The van der Waals surface area contributed by atoms with Crippen molar-refractivity contribution in [3.8, 4) is 10.8 Å². The highest BCUT2D eigenvalue weighted by atomic mass is 32.1. The van der Waals surface area contributed by atoms with Crippen LogP contribution < -0.4 is 5.32 Å². The molecule has 3 rings (SSSR count). The van der Waals surface area contributed by atoms with Crippen LogP contribution in [0, 0.1) is 0 Å². The Hall–Kier alpha value is -1.86. The predicted molar refractivity (Wildman–Crippen MR) is 94.5 cm³/mol. The van der Waals surface area contributed by atoms with Gasteiger partial charge in [0, 0.05) is 30.2 Å². The summed E-state index contributed by atoms with van der Waals surface area (Å²) in [6.45, 7) is 1.61. The van der Waals surface area contributed by atoms with E-state index in [0.29, 0.717) is 24.8 Å². The Labute approximate surface area is 146 Å². The number of rotatable bonds is 6. The topological polar surface area (TPSA) is 71.0 Å². The molecule has 6 nitrogen and oxygen atoms in total. The van der Waals surface area contributed by atoms with Gasteiger partial charge in [-0.05, 0) is 38.9 Å². The van der Waals surface area contributed by atoms with Crippen LogP contribution in [0.2, 0.25) is 0 Å². The summed E-state index contributed by atoms with van der Waals surface area (Å²) in [4.78, 5) is 27.3. The highest BCUT2D eigenvalue weighted by Gasteiger charge is 2.19. The Balaban J connectivity index is 1.44. The zero-order chi connectivity index (χ0) is 16.8. The van der Waals surface area contributed by atoms with Crippen molar-refractivity contribution in [2.45, 2.75) is 44.7 Å². The van der Waals surface area contributed by atoms with Gasteiger partial charge in [-0.15, -0.1) is 11.3 Å². The zero-order valence-corrected chi connectivity index (χ0v) is 14.8. The first-order chi connectivity index (χ1) is 11.7. The highest BCUT2D eigenvalue weighted by Crippen LogP contribution is 2.20. The zero-order valence-electron chi connectivity index (χ0n) is 13.9. The fourth-order valence-electron chi connectivity index (χ4n) is 2.98. The second kappa shape index (κ2) is 8.30. The highest BCUT2D eigenvalue weighted by molar-refractivity contribution is 7.13. The fraction of sp³-hybridized carbons (Fsp3) is 0.529. The molecule has 1 fully saturated rings. The molecule has 0 radical (unpaired) electrons. The van der Waals surface area contributed by atoms with Gasteiger partial charge in [-0.1, -0.05) is 6.42 Å². The van der Waals surface area contributed by atoms with Gasteiger partial charge in [0.05, 0.1) is 12.2 Å². The van der Waals surface area contributed by atoms with Gasteiger partial charge in [0.2, 0.25) is 5.91 Å². The molecule has 2 aromatic heterocycles. The van der Waals surface area contributed by atoms with Gasteiger partial charge in [0.15, 0.2) is 10.8 Å². The summed E-state index contributed by atoms with van der Waals surface area (Å²) < 4.78 is 0. The number of piperidine rings is 1. The van der Waals surface area contributed by atoms with Crippen LogP contribution in [0.5, 0.6) is 0 Å². The number of carbonyl (C=O) groups excluding carboxylic acids is 1. The number of hydrogen-bond acceptors (Lipinski definition) is 6. The largest absolute Gasteiger partial charge is 0.350 e. The molecular formula is C17H23N5OS. The van der Waals surface area contributed by atoms with Crippen LogP contribution in [0.1, 0.15) is 37.8 Å². The van der Waals surface area contributed by atoms with E-state index in [2.05, 4.69) is 32.2 Å². The molecule has 128 valence electrons.